The number of likely N-dealkylation sites (tertiary alicyclic amines) is 1. The number of halogens is 1. The van der Waals surface area contributed by atoms with Gasteiger partial charge in [0.05, 0.1) is 0 Å². The first-order valence-corrected chi connectivity index (χ1v) is 11.1. The van der Waals surface area contributed by atoms with Gasteiger partial charge in [0.2, 0.25) is 5.91 Å². The number of carbonyl (C=O) groups is 1. The van der Waals surface area contributed by atoms with Gasteiger partial charge in [0.1, 0.15) is 0 Å². The molecule has 0 aromatic heterocycles. The average Bonchev–Trinajstić information content (AvgIpc) is 2.71. The summed E-state index contributed by atoms with van der Waals surface area (Å²) in [6.45, 7) is 8.16. The number of rotatable bonds is 8. The fourth-order valence-corrected chi connectivity index (χ4v) is 4.40. The SMILES string of the molecule is CCC(C)NC(=O)CCNC(=NC)NCC1(N2CCCCC2)CCCCC1.I. The molecule has 7 heteroatoms. The van der Waals surface area contributed by atoms with Crippen LogP contribution in [-0.4, -0.2) is 61.6 Å². The molecule has 0 aromatic rings. The second kappa shape index (κ2) is 13.6. The molecule has 164 valence electrons. The predicted molar refractivity (Wildman–Crippen MR) is 129 cm³/mol. The van der Waals surface area contributed by atoms with E-state index in [0.29, 0.717) is 13.0 Å². The number of guanidine groups is 1. The van der Waals surface area contributed by atoms with Crippen LogP contribution in [0.4, 0.5) is 0 Å². The van der Waals surface area contributed by atoms with Gasteiger partial charge in [0.25, 0.3) is 0 Å². The topological polar surface area (TPSA) is 68.8 Å². The van der Waals surface area contributed by atoms with Crippen LogP contribution in [0.5, 0.6) is 0 Å². The first-order chi connectivity index (χ1) is 13.1. The van der Waals surface area contributed by atoms with Crippen molar-refractivity contribution < 1.29 is 4.79 Å². The Balaban J connectivity index is 0.00000392. The molecule has 2 rings (SSSR count). The third-order valence-corrected chi connectivity index (χ3v) is 6.28. The van der Waals surface area contributed by atoms with Gasteiger partial charge < -0.3 is 16.0 Å². The van der Waals surface area contributed by atoms with Crippen molar-refractivity contribution in [2.24, 2.45) is 4.99 Å². The van der Waals surface area contributed by atoms with Crippen molar-refractivity contribution in [3.8, 4) is 0 Å². The molecule has 28 heavy (non-hydrogen) atoms. The number of hydrogen-bond acceptors (Lipinski definition) is 3. The number of nitrogens with zero attached hydrogens (tertiary/aromatic N) is 2. The maximum Gasteiger partial charge on any atom is 0.221 e. The summed E-state index contributed by atoms with van der Waals surface area (Å²) in [5, 5.41) is 9.89. The summed E-state index contributed by atoms with van der Waals surface area (Å²) in [7, 11) is 1.81. The van der Waals surface area contributed by atoms with E-state index in [1.165, 1.54) is 64.5 Å². The summed E-state index contributed by atoms with van der Waals surface area (Å²) < 4.78 is 0. The van der Waals surface area contributed by atoms with Crippen LogP contribution in [-0.2, 0) is 4.79 Å². The molecule has 6 nitrogen and oxygen atoms in total. The first-order valence-electron chi connectivity index (χ1n) is 11.1. The Labute approximate surface area is 189 Å². The van der Waals surface area contributed by atoms with E-state index in [1.54, 1.807) is 0 Å². The highest BCUT2D eigenvalue weighted by atomic mass is 127. The van der Waals surface area contributed by atoms with E-state index < -0.39 is 0 Å². The van der Waals surface area contributed by atoms with Gasteiger partial charge in [-0.3, -0.25) is 14.7 Å². The summed E-state index contributed by atoms with van der Waals surface area (Å²) in [5.41, 5.74) is 0.282. The van der Waals surface area contributed by atoms with Gasteiger partial charge in [-0.2, -0.15) is 0 Å². The van der Waals surface area contributed by atoms with Crippen LogP contribution < -0.4 is 16.0 Å². The van der Waals surface area contributed by atoms with Crippen LogP contribution >= 0.6 is 24.0 Å². The quantitative estimate of drug-likeness (QED) is 0.268. The number of hydrogen-bond donors (Lipinski definition) is 3. The van der Waals surface area contributed by atoms with Gasteiger partial charge in [-0.15, -0.1) is 24.0 Å². The zero-order valence-corrected chi connectivity index (χ0v) is 20.5. The molecule has 1 saturated heterocycles. The van der Waals surface area contributed by atoms with E-state index in [4.69, 9.17) is 0 Å². The number of carbonyl (C=O) groups excluding carboxylic acids is 1. The molecule has 2 fully saturated rings. The number of aliphatic imine (C=N–C) groups is 1. The molecule has 1 saturated carbocycles. The summed E-state index contributed by atoms with van der Waals surface area (Å²) >= 11 is 0. The van der Waals surface area contributed by atoms with Gasteiger partial charge in [-0.05, 0) is 52.1 Å². The Morgan fingerprint density at radius 2 is 1.71 bits per heavy atom. The maximum absolute atomic E-state index is 11.9. The first kappa shape index (κ1) is 25.5. The van der Waals surface area contributed by atoms with Crippen LogP contribution in [0, 0.1) is 0 Å². The number of piperidine rings is 1. The molecule has 1 unspecified atom stereocenters. The lowest BCUT2D eigenvalue weighted by atomic mass is 9.79. The Morgan fingerprint density at radius 3 is 2.32 bits per heavy atom. The maximum atomic E-state index is 11.9. The van der Waals surface area contributed by atoms with E-state index in [-0.39, 0.29) is 41.5 Å². The lowest BCUT2D eigenvalue weighted by Gasteiger charge is -2.48. The molecular weight excluding hydrogens is 465 g/mol. The highest BCUT2D eigenvalue weighted by Crippen LogP contribution is 2.35. The second-order valence-electron chi connectivity index (χ2n) is 8.31. The molecule has 3 N–H and O–H groups in total. The Morgan fingerprint density at radius 1 is 1.07 bits per heavy atom. The number of amides is 1. The Bertz CT molecular complexity index is 473. The summed E-state index contributed by atoms with van der Waals surface area (Å²) in [6, 6.07) is 0.241. The molecule has 0 bridgehead atoms. The predicted octanol–water partition coefficient (Wildman–Crippen LogP) is 3.26. The average molecular weight is 508 g/mol. The third-order valence-electron chi connectivity index (χ3n) is 6.28. The van der Waals surface area contributed by atoms with E-state index in [1.807, 2.05) is 14.0 Å². The van der Waals surface area contributed by atoms with Crippen molar-refractivity contribution >= 4 is 35.8 Å². The van der Waals surface area contributed by atoms with Crippen LogP contribution in [0.1, 0.15) is 78.1 Å². The standard InChI is InChI=1S/C21H41N5O.HI/c1-4-18(2)25-19(27)11-14-23-20(22-3)24-17-21(12-7-5-8-13-21)26-15-9-6-10-16-26;/h18H,4-17H2,1-3H3,(H,25,27)(H2,22,23,24);1H. The zero-order chi connectivity index (χ0) is 19.5. The van der Waals surface area contributed by atoms with Crippen molar-refractivity contribution in [2.75, 3.05) is 33.2 Å². The van der Waals surface area contributed by atoms with Gasteiger partial charge in [-0.25, -0.2) is 0 Å². The van der Waals surface area contributed by atoms with E-state index in [0.717, 1.165) is 18.9 Å². The Kier molecular flexibility index (Phi) is 12.4. The van der Waals surface area contributed by atoms with Crippen molar-refractivity contribution in [1.29, 1.82) is 0 Å². The minimum absolute atomic E-state index is 0. The van der Waals surface area contributed by atoms with Crippen molar-refractivity contribution in [2.45, 2.75) is 89.6 Å². The van der Waals surface area contributed by atoms with Gasteiger partial charge >= 0.3 is 0 Å². The molecule has 0 radical (unpaired) electrons. The second-order valence-corrected chi connectivity index (χ2v) is 8.31. The molecule has 1 amide bonds. The normalized spacial score (nSPS) is 21.3. The molecule has 0 aromatic carbocycles. The summed E-state index contributed by atoms with van der Waals surface area (Å²) in [4.78, 5) is 19.0. The minimum Gasteiger partial charge on any atom is -0.356 e. The van der Waals surface area contributed by atoms with E-state index in [9.17, 15) is 4.79 Å². The summed E-state index contributed by atoms with van der Waals surface area (Å²) in [6.07, 6.45) is 12.1. The number of nitrogens with one attached hydrogen (secondary N) is 3. The van der Waals surface area contributed by atoms with Crippen LogP contribution in [0.25, 0.3) is 0 Å². The van der Waals surface area contributed by atoms with Crippen LogP contribution in [0.2, 0.25) is 0 Å². The zero-order valence-electron chi connectivity index (χ0n) is 18.2. The van der Waals surface area contributed by atoms with Gasteiger partial charge in [0, 0.05) is 38.1 Å². The monoisotopic (exact) mass is 507 g/mol. The van der Waals surface area contributed by atoms with Crippen LogP contribution in [0.3, 0.4) is 0 Å². The van der Waals surface area contributed by atoms with Gasteiger partial charge in [0.15, 0.2) is 5.96 Å². The largest absolute Gasteiger partial charge is 0.356 e. The Hall–Kier alpha value is -0.570. The third kappa shape index (κ3) is 8.05. The van der Waals surface area contributed by atoms with Crippen molar-refractivity contribution in [1.82, 2.24) is 20.9 Å². The summed E-state index contributed by atoms with van der Waals surface area (Å²) in [5.74, 6) is 0.915. The van der Waals surface area contributed by atoms with Crippen molar-refractivity contribution in [3.63, 3.8) is 0 Å². The smallest absolute Gasteiger partial charge is 0.221 e. The fourth-order valence-electron chi connectivity index (χ4n) is 4.40. The van der Waals surface area contributed by atoms with Crippen LogP contribution in [0.15, 0.2) is 4.99 Å². The highest BCUT2D eigenvalue weighted by molar-refractivity contribution is 14.0. The highest BCUT2D eigenvalue weighted by Gasteiger charge is 2.38. The molecule has 1 aliphatic carbocycles. The molecule has 1 atom stereocenters. The fraction of sp³-hybridized carbons (Fsp3) is 0.905. The minimum atomic E-state index is 0. The lowest BCUT2D eigenvalue weighted by Crippen LogP contribution is -2.59. The molecule has 1 aliphatic heterocycles. The molecule has 0 spiro atoms. The molecule has 1 heterocycles. The van der Waals surface area contributed by atoms with Crippen molar-refractivity contribution in [3.05, 3.63) is 0 Å². The van der Waals surface area contributed by atoms with E-state index >= 15 is 0 Å². The lowest BCUT2D eigenvalue weighted by molar-refractivity contribution is -0.121. The van der Waals surface area contributed by atoms with E-state index in [2.05, 4.69) is 32.8 Å². The van der Waals surface area contributed by atoms with Gasteiger partial charge in [-0.1, -0.05) is 32.6 Å². The molecular formula is C21H42IN5O. The molecule has 2 aliphatic rings.